The van der Waals surface area contributed by atoms with Gasteiger partial charge in [0.05, 0.1) is 12.2 Å². The Bertz CT molecular complexity index is 385. The summed E-state index contributed by atoms with van der Waals surface area (Å²) in [6.45, 7) is 1.81. The molecule has 7 heteroatoms. The van der Waals surface area contributed by atoms with Gasteiger partial charge in [-0.05, 0) is 32.6 Å². The monoisotopic (exact) mass is 256 g/mol. The minimum Gasteiger partial charge on any atom is -0.744 e. The molecule has 0 N–H and O–H groups in total. The predicted octanol–water partition coefficient (Wildman–Crippen LogP) is -2.07. The van der Waals surface area contributed by atoms with Crippen LogP contribution in [0.1, 0.15) is 32.6 Å². The number of ether oxygens (including phenoxy) is 1. The van der Waals surface area contributed by atoms with Crippen LogP contribution in [-0.4, -0.2) is 25.5 Å². The summed E-state index contributed by atoms with van der Waals surface area (Å²) in [4.78, 5) is 11.1. The van der Waals surface area contributed by atoms with Crippen molar-refractivity contribution < 1.29 is 52.1 Å². The van der Waals surface area contributed by atoms with E-state index in [4.69, 9.17) is 4.74 Å². The van der Waals surface area contributed by atoms with Crippen molar-refractivity contribution in [3.05, 3.63) is 10.5 Å². The fourth-order valence-electron chi connectivity index (χ4n) is 1.59. The summed E-state index contributed by atoms with van der Waals surface area (Å²) in [6, 6.07) is 0. The zero-order valence-corrected chi connectivity index (χ0v) is 12.3. The fourth-order valence-corrected chi connectivity index (χ4v) is 2.47. The number of carbonyl (C=O) groups excluding carboxylic acids is 1. The van der Waals surface area contributed by atoms with Crippen LogP contribution in [0.2, 0.25) is 0 Å². The molecule has 0 fully saturated rings. The Hall–Kier alpha value is 0.120. The maximum Gasteiger partial charge on any atom is 1.00 e. The zero-order valence-electron chi connectivity index (χ0n) is 9.49. The van der Waals surface area contributed by atoms with E-state index in [0.29, 0.717) is 19.3 Å². The van der Waals surface area contributed by atoms with Gasteiger partial charge in [-0.1, -0.05) is 0 Å². The van der Waals surface area contributed by atoms with Gasteiger partial charge >= 0.3 is 35.5 Å². The molecule has 0 radical (unpaired) electrons. The average Bonchev–Trinajstić information content (AvgIpc) is 2.17. The van der Waals surface area contributed by atoms with Gasteiger partial charge in [-0.2, -0.15) is 0 Å². The molecule has 16 heavy (non-hydrogen) atoms. The van der Waals surface area contributed by atoms with E-state index in [0.717, 1.165) is 0 Å². The molecule has 0 aromatic rings. The van der Waals surface area contributed by atoms with E-state index >= 15 is 0 Å². The molecule has 0 aliphatic heterocycles. The number of hydrogen-bond donors (Lipinski definition) is 0. The average molecular weight is 256 g/mol. The molecular weight excluding hydrogens is 243 g/mol. The van der Waals surface area contributed by atoms with Crippen molar-refractivity contribution >= 4 is 16.1 Å². The summed E-state index contributed by atoms with van der Waals surface area (Å²) in [6.07, 6.45) is 1.81. The van der Waals surface area contributed by atoms with Gasteiger partial charge in [0.25, 0.3) is 0 Å². The Morgan fingerprint density at radius 2 is 1.94 bits per heavy atom. The van der Waals surface area contributed by atoms with Crippen molar-refractivity contribution in [3.8, 4) is 0 Å². The summed E-state index contributed by atoms with van der Waals surface area (Å²) in [5.74, 6) is -0.674. The van der Waals surface area contributed by atoms with E-state index < -0.39 is 16.1 Å². The Labute approximate surface area is 117 Å². The van der Waals surface area contributed by atoms with Crippen LogP contribution >= 0.6 is 0 Å². The molecule has 0 amide bonds. The topological polar surface area (TPSA) is 83.5 Å². The van der Waals surface area contributed by atoms with Crippen LogP contribution in [0.25, 0.3) is 0 Å². The van der Waals surface area contributed by atoms with Crippen LogP contribution < -0.4 is 29.6 Å². The van der Waals surface area contributed by atoms with Crippen LogP contribution in [0.3, 0.4) is 0 Å². The first-order chi connectivity index (χ1) is 6.96. The molecule has 0 spiro atoms. The summed E-state index contributed by atoms with van der Waals surface area (Å²) in [5, 5.41) is 0. The second-order valence-electron chi connectivity index (χ2n) is 3.28. The summed E-state index contributed by atoms with van der Waals surface area (Å²) in [5.41, 5.74) is 0.0399. The van der Waals surface area contributed by atoms with Crippen LogP contribution in [0.5, 0.6) is 0 Å². The van der Waals surface area contributed by atoms with Gasteiger partial charge in [-0.15, -0.1) is 0 Å². The zero-order chi connectivity index (χ0) is 11.5. The van der Waals surface area contributed by atoms with Crippen molar-refractivity contribution in [2.75, 3.05) is 6.61 Å². The Morgan fingerprint density at radius 1 is 1.38 bits per heavy atom. The van der Waals surface area contributed by atoms with E-state index in [1.165, 1.54) is 0 Å². The first kappa shape index (κ1) is 16.1. The minimum absolute atomic E-state index is 0. The molecule has 0 atom stereocenters. The number of hydrogen-bond acceptors (Lipinski definition) is 5. The van der Waals surface area contributed by atoms with Gasteiger partial charge in [0.1, 0.15) is 10.1 Å². The van der Waals surface area contributed by atoms with Gasteiger partial charge in [0.2, 0.25) is 0 Å². The standard InChI is InChI=1S/C9H14O5S.Na/c1-2-14-9(10)7-5-3-4-6-8(7)15(11,12)13;/h2-6H2,1H3,(H,11,12,13);/q;+1/p-1. The van der Waals surface area contributed by atoms with E-state index in [2.05, 4.69) is 0 Å². The minimum atomic E-state index is -4.51. The van der Waals surface area contributed by atoms with E-state index in [9.17, 15) is 17.8 Å². The molecule has 1 aliphatic rings. The van der Waals surface area contributed by atoms with Crippen molar-refractivity contribution in [3.63, 3.8) is 0 Å². The molecule has 0 aromatic heterocycles. The normalized spacial score (nSPS) is 16.6. The number of carbonyl (C=O) groups is 1. The SMILES string of the molecule is CCOC(=O)C1=C(S(=O)(=O)[O-])CCCC1.[Na+]. The summed E-state index contributed by atoms with van der Waals surface area (Å²) < 4.78 is 37.4. The Morgan fingerprint density at radius 3 is 2.44 bits per heavy atom. The van der Waals surface area contributed by atoms with Gasteiger partial charge in [0, 0.05) is 4.91 Å². The first-order valence-corrected chi connectivity index (χ1v) is 6.22. The van der Waals surface area contributed by atoms with Crippen molar-refractivity contribution in [1.82, 2.24) is 0 Å². The summed E-state index contributed by atoms with van der Waals surface area (Å²) >= 11 is 0. The molecule has 1 aliphatic carbocycles. The smallest absolute Gasteiger partial charge is 0.744 e. The molecule has 0 heterocycles. The first-order valence-electron chi connectivity index (χ1n) is 4.82. The van der Waals surface area contributed by atoms with Gasteiger partial charge in [0.15, 0.2) is 0 Å². The van der Waals surface area contributed by atoms with Crippen molar-refractivity contribution in [1.29, 1.82) is 0 Å². The van der Waals surface area contributed by atoms with Crippen molar-refractivity contribution in [2.45, 2.75) is 32.6 Å². The van der Waals surface area contributed by atoms with Crippen LogP contribution in [0.15, 0.2) is 10.5 Å². The predicted molar refractivity (Wildman–Crippen MR) is 51.8 cm³/mol. The Kier molecular flexibility index (Phi) is 6.81. The largest absolute Gasteiger partial charge is 1.00 e. The second kappa shape index (κ2) is 6.76. The van der Waals surface area contributed by atoms with E-state index in [1.54, 1.807) is 6.92 Å². The molecule has 0 unspecified atom stereocenters. The fraction of sp³-hybridized carbons (Fsp3) is 0.667. The maximum atomic E-state index is 11.4. The molecular formula is C9H13NaO5S. The van der Waals surface area contributed by atoms with Crippen LogP contribution in [0.4, 0.5) is 0 Å². The number of allylic oxidation sites excluding steroid dienone is 1. The molecule has 5 nitrogen and oxygen atoms in total. The molecule has 0 bridgehead atoms. The van der Waals surface area contributed by atoms with E-state index in [-0.39, 0.29) is 53.1 Å². The van der Waals surface area contributed by atoms with Crippen LogP contribution in [0, 0.1) is 0 Å². The maximum absolute atomic E-state index is 11.4. The van der Waals surface area contributed by atoms with Crippen LogP contribution in [-0.2, 0) is 19.6 Å². The van der Waals surface area contributed by atoms with Gasteiger partial charge < -0.3 is 9.29 Å². The number of rotatable bonds is 3. The van der Waals surface area contributed by atoms with Gasteiger partial charge in [-0.3, -0.25) is 0 Å². The second-order valence-corrected chi connectivity index (χ2v) is 4.68. The third-order valence-corrected chi connectivity index (χ3v) is 3.29. The third-order valence-electron chi connectivity index (χ3n) is 2.24. The quantitative estimate of drug-likeness (QED) is 0.329. The Balaban J connectivity index is 0.00000225. The van der Waals surface area contributed by atoms with Gasteiger partial charge in [-0.25, -0.2) is 13.2 Å². The molecule has 86 valence electrons. The molecule has 0 saturated heterocycles. The molecule has 0 aromatic carbocycles. The number of esters is 1. The third kappa shape index (κ3) is 4.18. The van der Waals surface area contributed by atoms with Crippen molar-refractivity contribution in [2.24, 2.45) is 0 Å². The summed E-state index contributed by atoms with van der Waals surface area (Å²) in [7, 11) is -4.51. The molecule has 1 rings (SSSR count). The molecule has 0 saturated carbocycles. The van der Waals surface area contributed by atoms with E-state index in [1.807, 2.05) is 0 Å².